The van der Waals surface area contributed by atoms with E-state index in [1.165, 1.54) is 5.56 Å². The lowest BCUT2D eigenvalue weighted by molar-refractivity contribution is -0.118. The van der Waals surface area contributed by atoms with Gasteiger partial charge in [-0.15, -0.1) is 10.2 Å². The summed E-state index contributed by atoms with van der Waals surface area (Å²) in [6.07, 6.45) is 0. The van der Waals surface area contributed by atoms with Gasteiger partial charge in [0.2, 0.25) is 0 Å². The van der Waals surface area contributed by atoms with Crippen LogP contribution in [0.25, 0.3) is 11.3 Å². The van der Waals surface area contributed by atoms with Crippen LogP contribution in [-0.4, -0.2) is 60.8 Å². The minimum Gasteiger partial charge on any atom is -0.484 e. The average Bonchev–Trinajstić information content (AvgIpc) is 2.81. The van der Waals surface area contributed by atoms with Crippen LogP contribution in [0.15, 0.2) is 54.6 Å². The molecule has 2 aromatic carbocycles. The zero-order chi connectivity index (χ0) is 22.5. The summed E-state index contributed by atoms with van der Waals surface area (Å²) in [5, 5.41) is 11.7. The lowest BCUT2D eigenvalue weighted by atomic mass is 10.1. The van der Waals surface area contributed by atoms with Gasteiger partial charge in [-0.1, -0.05) is 18.2 Å². The molecule has 2 heterocycles. The van der Waals surface area contributed by atoms with Crippen LogP contribution in [0.3, 0.4) is 0 Å². The standard InChI is InChI=1S/C25H29N5O2/c1-18-4-9-22(16-19(18)2)32-17-25(31)26-21-7-5-20(6-8-21)23-10-11-24(28-27-23)30-14-12-29(3)13-15-30/h4-11,16H,12-15,17H2,1-3H3,(H,26,31). The lowest BCUT2D eigenvalue weighted by Crippen LogP contribution is -2.44. The van der Waals surface area contributed by atoms with Crippen molar-refractivity contribution in [3.8, 4) is 17.0 Å². The van der Waals surface area contributed by atoms with Crippen molar-refractivity contribution >= 4 is 17.4 Å². The van der Waals surface area contributed by atoms with E-state index in [9.17, 15) is 4.79 Å². The molecule has 166 valence electrons. The highest BCUT2D eigenvalue weighted by Crippen LogP contribution is 2.21. The lowest BCUT2D eigenvalue weighted by Gasteiger charge is -2.32. The number of nitrogens with zero attached hydrogens (tertiary/aromatic N) is 4. The third kappa shape index (κ3) is 5.42. The maximum Gasteiger partial charge on any atom is 0.262 e. The van der Waals surface area contributed by atoms with Gasteiger partial charge in [-0.2, -0.15) is 0 Å². The van der Waals surface area contributed by atoms with E-state index in [2.05, 4.69) is 32.4 Å². The van der Waals surface area contributed by atoms with Gasteiger partial charge in [-0.05, 0) is 68.4 Å². The zero-order valence-electron chi connectivity index (χ0n) is 18.8. The van der Waals surface area contributed by atoms with Gasteiger partial charge >= 0.3 is 0 Å². The summed E-state index contributed by atoms with van der Waals surface area (Å²) < 4.78 is 5.60. The van der Waals surface area contributed by atoms with E-state index in [0.717, 1.165) is 48.8 Å². The van der Waals surface area contributed by atoms with Crippen LogP contribution in [0.5, 0.6) is 5.75 Å². The van der Waals surface area contributed by atoms with Crippen LogP contribution in [0.4, 0.5) is 11.5 Å². The minimum absolute atomic E-state index is 0.0382. The molecule has 0 atom stereocenters. The molecule has 1 N–H and O–H groups in total. The molecule has 4 rings (SSSR count). The molecular formula is C25H29N5O2. The molecule has 0 aliphatic carbocycles. The number of hydrogen-bond donors (Lipinski definition) is 1. The number of carbonyl (C=O) groups is 1. The van der Waals surface area contributed by atoms with Gasteiger partial charge in [0.25, 0.3) is 5.91 Å². The molecule has 0 saturated carbocycles. The van der Waals surface area contributed by atoms with Gasteiger partial charge in [0, 0.05) is 37.4 Å². The van der Waals surface area contributed by atoms with E-state index in [0.29, 0.717) is 11.4 Å². The number of benzene rings is 2. The van der Waals surface area contributed by atoms with Crippen molar-refractivity contribution in [3.63, 3.8) is 0 Å². The van der Waals surface area contributed by atoms with Crippen LogP contribution >= 0.6 is 0 Å². The Kier molecular flexibility index (Phi) is 6.66. The Morgan fingerprint density at radius 1 is 0.938 bits per heavy atom. The highest BCUT2D eigenvalue weighted by Gasteiger charge is 2.15. The van der Waals surface area contributed by atoms with Gasteiger partial charge in [0.05, 0.1) is 5.69 Å². The Bertz CT molecular complexity index is 1060. The van der Waals surface area contributed by atoms with Gasteiger partial charge in [-0.3, -0.25) is 4.79 Å². The molecule has 0 spiro atoms. The Labute approximate surface area is 189 Å². The molecule has 32 heavy (non-hydrogen) atoms. The summed E-state index contributed by atoms with van der Waals surface area (Å²) >= 11 is 0. The predicted octanol–water partition coefficient (Wildman–Crippen LogP) is 3.53. The number of likely N-dealkylation sites (N-methyl/N-ethyl adjacent to an activating group) is 1. The summed E-state index contributed by atoms with van der Waals surface area (Å²) in [7, 11) is 2.14. The molecule has 1 saturated heterocycles. The number of nitrogens with one attached hydrogen (secondary N) is 1. The van der Waals surface area contributed by atoms with E-state index in [1.807, 2.05) is 68.4 Å². The number of amides is 1. The van der Waals surface area contributed by atoms with Gasteiger partial charge in [0.15, 0.2) is 12.4 Å². The summed E-state index contributed by atoms with van der Waals surface area (Å²) in [6.45, 7) is 8.03. The van der Waals surface area contributed by atoms with Crippen molar-refractivity contribution in [1.29, 1.82) is 0 Å². The number of rotatable bonds is 6. The fraction of sp³-hybridized carbons (Fsp3) is 0.320. The van der Waals surface area contributed by atoms with Crippen molar-refractivity contribution in [2.45, 2.75) is 13.8 Å². The summed E-state index contributed by atoms with van der Waals surface area (Å²) in [6, 6.07) is 17.4. The van der Waals surface area contributed by atoms with E-state index in [-0.39, 0.29) is 12.5 Å². The fourth-order valence-electron chi connectivity index (χ4n) is 3.56. The van der Waals surface area contributed by atoms with Crippen molar-refractivity contribution in [2.75, 3.05) is 50.1 Å². The first-order valence-electron chi connectivity index (χ1n) is 10.9. The average molecular weight is 432 g/mol. The zero-order valence-corrected chi connectivity index (χ0v) is 18.8. The first kappa shape index (κ1) is 21.8. The summed E-state index contributed by atoms with van der Waals surface area (Å²) in [4.78, 5) is 16.8. The number of carbonyl (C=O) groups excluding carboxylic acids is 1. The van der Waals surface area contributed by atoms with Crippen molar-refractivity contribution in [2.24, 2.45) is 0 Å². The quantitative estimate of drug-likeness (QED) is 0.644. The van der Waals surface area contributed by atoms with Gasteiger partial charge in [-0.25, -0.2) is 0 Å². The van der Waals surface area contributed by atoms with E-state index in [4.69, 9.17) is 4.74 Å². The molecule has 7 heteroatoms. The molecule has 0 bridgehead atoms. The van der Waals surface area contributed by atoms with Crippen molar-refractivity contribution in [3.05, 3.63) is 65.7 Å². The fourth-order valence-corrected chi connectivity index (χ4v) is 3.56. The van der Waals surface area contributed by atoms with Crippen LogP contribution < -0.4 is 15.0 Å². The normalized spacial score (nSPS) is 14.3. The number of anilines is 2. The molecule has 1 fully saturated rings. The first-order valence-corrected chi connectivity index (χ1v) is 10.9. The third-order valence-corrected chi connectivity index (χ3v) is 5.79. The number of aromatic nitrogens is 2. The van der Waals surface area contributed by atoms with Crippen LogP contribution in [0.2, 0.25) is 0 Å². The first-order chi connectivity index (χ1) is 15.5. The monoisotopic (exact) mass is 431 g/mol. The van der Waals surface area contributed by atoms with Crippen molar-refractivity contribution in [1.82, 2.24) is 15.1 Å². The Balaban J connectivity index is 1.31. The van der Waals surface area contributed by atoms with Crippen LogP contribution in [0, 0.1) is 13.8 Å². The SMILES string of the molecule is Cc1ccc(OCC(=O)Nc2ccc(-c3ccc(N4CCN(C)CC4)nn3)cc2)cc1C. The molecule has 1 aliphatic heterocycles. The van der Waals surface area contributed by atoms with Crippen LogP contribution in [0.1, 0.15) is 11.1 Å². The van der Waals surface area contributed by atoms with E-state index >= 15 is 0 Å². The number of ether oxygens (including phenoxy) is 1. The molecule has 1 amide bonds. The second-order valence-corrected chi connectivity index (χ2v) is 8.23. The topological polar surface area (TPSA) is 70.6 Å². The molecular weight excluding hydrogens is 402 g/mol. The predicted molar refractivity (Wildman–Crippen MR) is 127 cm³/mol. The number of hydrogen-bond acceptors (Lipinski definition) is 6. The van der Waals surface area contributed by atoms with E-state index in [1.54, 1.807) is 0 Å². The molecule has 3 aromatic rings. The Morgan fingerprint density at radius 3 is 2.34 bits per heavy atom. The molecule has 0 unspecified atom stereocenters. The third-order valence-electron chi connectivity index (χ3n) is 5.79. The maximum absolute atomic E-state index is 12.2. The molecule has 1 aliphatic rings. The maximum atomic E-state index is 12.2. The smallest absolute Gasteiger partial charge is 0.262 e. The molecule has 0 radical (unpaired) electrons. The van der Waals surface area contributed by atoms with Gasteiger partial charge in [0.1, 0.15) is 5.75 Å². The summed E-state index contributed by atoms with van der Waals surface area (Å²) in [5.41, 5.74) is 4.80. The summed E-state index contributed by atoms with van der Waals surface area (Å²) in [5.74, 6) is 1.40. The van der Waals surface area contributed by atoms with E-state index < -0.39 is 0 Å². The minimum atomic E-state index is -0.202. The number of piperazine rings is 1. The van der Waals surface area contributed by atoms with Crippen molar-refractivity contribution < 1.29 is 9.53 Å². The highest BCUT2D eigenvalue weighted by atomic mass is 16.5. The molecule has 7 nitrogen and oxygen atoms in total. The largest absolute Gasteiger partial charge is 0.484 e. The highest BCUT2D eigenvalue weighted by molar-refractivity contribution is 5.92. The van der Waals surface area contributed by atoms with Gasteiger partial charge < -0.3 is 19.9 Å². The number of aryl methyl sites for hydroxylation is 2. The second-order valence-electron chi connectivity index (χ2n) is 8.23. The Morgan fingerprint density at radius 2 is 1.69 bits per heavy atom. The van der Waals surface area contributed by atoms with Crippen LogP contribution in [-0.2, 0) is 4.79 Å². The molecule has 1 aromatic heterocycles. The Hall–Kier alpha value is -3.45. The second kappa shape index (κ2) is 9.78.